The van der Waals surface area contributed by atoms with Crippen molar-refractivity contribution in [3.8, 4) is 5.75 Å². The number of benzene rings is 2. The molecule has 0 aliphatic heterocycles. The van der Waals surface area contributed by atoms with Crippen LogP contribution in [0, 0.1) is 0 Å². The molecule has 2 aromatic rings. The summed E-state index contributed by atoms with van der Waals surface area (Å²) in [5, 5.41) is 10.1. The van der Waals surface area contributed by atoms with Crippen molar-refractivity contribution in [1.29, 1.82) is 0 Å². The monoisotopic (exact) mass is 271 g/mol. The number of rotatable bonds is 5. The van der Waals surface area contributed by atoms with Crippen LogP contribution in [0.3, 0.4) is 0 Å². The van der Waals surface area contributed by atoms with E-state index in [1.54, 1.807) is 24.3 Å². The van der Waals surface area contributed by atoms with E-state index in [9.17, 15) is 5.11 Å². The van der Waals surface area contributed by atoms with Crippen LogP contribution in [0.15, 0.2) is 48.5 Å². The Morgan fingerprint density at radius 2 is 1.50 bits per heavy atom. The van der Waals surface area contributed by atoms with Gasteiger partial charge in [-0.15, -0.1) is 0 Å². The van der Waals surface area contributed by atoms with E-state index >= 15 is 0 Å². The van der Waals surface area contributed by atoms with Gasteiger partial charge in [0.1, 0.15) is 18.5 Å². The predicted octanol–water partition coefficient (Wildman–Crippen LogP) is 3.50. The molecular formula is C17H21NO2. The lowest BCUT2D eigenvalue weighted by Crippen LogP contribution is -2.09. The fraction of sp³-hybridized carbons (Fsp3) is 0.294. The second-order valence-corrected chi connectivity index (χ2v) is 5.22. The van der Waals surface area contributed by atoms with E-state index in [2.05, 4.69) is 13.8 Å². The maximum atomic E-state index is 10.1. The zero-order valence-electron chi connectivity index (χ0n) is 11.9. The summed E-state index contributed by atoms with van der Waals surface area (Å²) in [5.74, 6) is 1.20. The van der Waals surface area contributed by atoms with E-state index in [4.69, 9.17) is 10.5 Å². The Hall–Kier alpha value is -2.00. The summed E-state index contributed by atoms with van der Waals surface area (Å²) in [6.45, 7) is 4.52. The number of anilines is 1. The van der Waals surface area contributed by atoms with Gasteiger partial charge in [0.15, 0.2) is 0 Å². The molecule has 1 atom stereocenters. The molecule has 0 heterocycles. The van der Waals surface area contributed by atoms with Crippen molar-refractivity contribution in [3.05, 3.63) is 59.7 Å². The molecule has 106 valence electrons. The summed E-state index contributed by atoms with van der Waals surface area (Å²) in [7, 11) is 0. The van der Waals surface area contributed by atoms with Crippen LogP contribution in [0.1, 0.15) is 37.0 Å². The summed E-state index contributed by atoms with van der Waals surface area (Å²) in [5.41, 5.74) is 8.43. The van der Waals surface area contributed by atoms with Gasteiger partial charge in [-0.3, -0.25) is 0 Å². The molecule has 0 radical (unpaired) electrons. The lowest BCUT2D eigenvalue weighted by molar-refractivity contribution is 0.108. The first-order valence-electron chi connectivity index (χ1n) is 6.82. The van der Waals surface area contributed by atoms with Crippen molar-refractivity contribution in [1.82, 2.24) is 0 Å². The first kappa shape index (κ1) is 14.4. The van der Waals surface area contributed by atoms with Gasteiger partial charge in [0.2, 0.25) is 0 Å². The zero-order valence-corrected chi connectivity index (χ0v) is 11.9. The van der Waals surface area contributed by atoms with Gasteiger partial charge in [0.25, 0.3) is 0 Å². The minimum Gasteiger partial charge on any atom is -0.491 e. The molecule has 3 heteroatoms. The van der Waals surface area contributed by atoms with Crippen molar-refractivity contribution in [2.24, 2.45) is 0 Å². The average molecular weight is 271 g/mol. The molecule has 0 fully saturated rings. The number of hydrogen-bond acceptors (Lipinski definition) is 3. The van der Waals surface area contributed by atoms with Gasteiger partial charge in [0.05, 0.1) is 0 Å². The van der Waals surface area contributed by atoms with Crippen LogP contribution in [0.2, 0.25) is 0 Å². The minimum absolute atomic E-state index is 0.227. The van der Waals surface area contributed by atoms with E-state index in [-0.39, 0.29) is 6.61 Å². The SMILES string of the molecule is CC(C)c1ccc(C(O)COc2ccc(N)cc2)cc1. The van der Waals surface area contributed by atoms with Gasteiger partial charge in [0, 0.05) is 5.69 Å². The Bertz CT molecular complexity index is 532. The molecule has 0 aliphatic rings. The molecule has 0 saturated heterocycles. The lowest BCUT2D eigenvalue weighted by Gasteiger charge is -2.14. The average Bonchev–Trinajstić information content (AvgIpc) is 2.46. The quantitative estimate of drug-likeness (QED) is 0.818. The van der Waals surface area contributed by atoms with Gasteiger partial charge < -0.3 is 15.6 Å². The van der Waals surface area contributed by atoms with Gasteiger partial charge >= 0.3 is 0 Å². The highest BCUT2D eigenvalue weighted by atomic mass is 16.5. The zero-order chi connectivity index (χ0) is 14.5. The topological polar surface area (TPSA) is 55.5 Å². The Morgan fingerprint density at radius 3 is 2.05 bits per heavy atom. The van der Waals surface area contributed by atoms with Crippen LogP contribution in [0.25, 0.3) is 0 Å². The fourth-order valence-corrected chi connectivity index (χ4v) is 1.94. The molecular weight excluding hydrogens is 250 g/mol. The molecule has 0 aliphatic carbocycles. The smallest absolute Gasteiger partial charge is 0.119 e. The molecule has 2 aromatic carbocycles. The second kappa shape index (κ2) is 6.44. The molecule has 0 bridgehead atoms. The summed E-state index contributed by atoms with van der Waals surface area (Å²) >= 11 is 0. The highest BCUT2D eigenvalue weighted by molar-refractivity contribution is 5.41. The first-order chi connectivity index (χ1) is 9.56. The molecule has 3 nitrogen and oxygen atoms in total. The van der Waals surface area contributed by atoms with Crippen molar-refractivity contribution < 1.29 is 9.84 Å². The molecule has 3 N–H and O–H groups in total. The maximum Gasteiger partial charge on any atom is 0.119 e. The molecule has 0 saturated carbocycles. The van der Waals surface area contributed by atoms with Crippen LogP contribution in [0.5, 0.6) is 5.75 Å². The van der Waals surface area contributed by atoms with Gasteiger partial charge in [-0.25, -0.2) is 0 Å². The molecule has 1 unspecified atom stereocenters. The van der Waals surface area contributed by atoms with Crippen molar-refractivity contribution in [2.45, 2.75) is 25.9 Å². The molecule has 0 amide bonds. The third-order valence-electron chi connectivity index (χ3n) is 3.28. The van der Waals surface area contributed by atoms with E-state index in [1.807, 2.05) is 24.3 Å². The van der Waals surface area contributed by atoms with E-state index in [0.717, 1.165) is 5.56 Å². The van der Waals surface area contributed by atoms with Crippen LogP contribution >= 0.6 is 0 Å². The Morgan fingerprint density at radius 1 is 0.950 bits per heavy atom. The third-order valence-corrected chi connectivity index (χ3v) is 3.28. The van der Waals surface area contributed by atoms with Crippen LogP contribution < -0.4 is 10.5 Å². The van der Waals surface area contributed by atoms with E-state index in [0.29, 0.717) is 17.4 Å². The van der Waals surface area contributed by atoms with Crippen LogP contribution in [-0.2, 0) is 0 Å². The number of nitrogen functional groups attached to an aromatic ring is 1. The van der Waals surface area contributed by atoms with E-state index < -0.39 is 6.10 Å². The minimum atomic E-state index is -0.631. The molecule has 2 rings (SSSR count). The number of nitrogens with two attached hydrogens (primary N) is 1. The van der Waals surface area contributed by atoms with Gasteiger partial charge in [-0.05, 0) is 41.3 Å². The Kier molecular flexibility index (Phi) is 4.64. The predicted molar refractivity (Wildman–Crippen MR) is 81.8 cm³/mol. The van der Waals surface area contributed by atoms with Crippen LogP contribution in [-0.4, -0.2) is 11.7 Å². The molecule has 0 aromatic heterocycles. The summed E-state index contributed by atoms with van der Waals surface area (Å²) < 4.78 is 5.55. The van der Waals surface area contributed by atoms with Crippen LogP contribution in [0.4, 0.5) is 5.69 Å². The second-order valence-electron chi connectivity index (χ2n) is 5.22. The summed E-state index contributed by atoms with van der Waals surface area (Å²) in [6, 6.07) is 15.1. The Balaban J connectivity index is 1.94. The van der Waals surface area contributed by atoms with Crippen molar-refractivity contribution in [2.75, 3.05) is 12.3 Å². The third kappa shape index (κ3) is 3.75. The number of hydrogen-bond donors (Lipinski definition) is 2. The van der Waals surface area contributed by atoms with Crippen molar-refractivity contribution >= 4 is 5.69 Å². The summed E-state index contributed by atoms with van der Waals surface area (Å²) in [6.07, 6.45) is -0.631. The summed E-state index contributed by atoms with van der Waals surface area (Å²) in [4.78, 5) is 0. The lowest BCUT2D eigenvalue weighted by atomic mass is 10.0. The largest absolute Gasteiger partial charge is 0.491 e. The molecule has 20 heavy (non-hydrogen) atoms. The highest BCUT2D eigenvalue weighted by Crippen LogP contribution is 2.20. The first-order valence-corrected chi connectivity index (χ1v) is 6.82. The highest BCUT2D eigenvalue weighted by Gasteiger charge is 2.09. The normalized spacial score (nSPS) is 12.4. The number of ether oxygens (including phenoxy) is 1. The standard InChI is InChI=1S/C17H21NO2/c1-12(2)13-3-5-14(6-4-13)17(19)11-20-16-9-7-15(18)8-10-16/h3-10,12,17,19H,11,18H2,1-2H3. The van der Waals surface area contributed by atoms with Crippen molar-refractivity contribution in [3.63, 3.8) is 0 Å². The fourth-order valence-electron chi connectivity index (χ4n) is 1.94. The number of aliphatic hydroxyl groups is 1. The maximum absolute atomic E-state index is 10.1. The Labute approximate surface area is 120 Å². The van der Waals surface area contributed by atoms with Gasteiger partial charge in [-0.2, -0.15) is 0 Å². The van der Waals surface area contributed by atoms with E-state index in [1.165, 1.54) is 5.56 Å². The number of aliphatic hydroxyl groups excluding tert-OH is 1. The van der Waals surface area contributed by atoms with Gasteiger partial charge in [-0.1, -0.05) is 38.1 Å². The molecule has 0 spiro atoms.